The summed E-state index contributed by atoms with van der Waals surface area (Å²) in [6.07, 6.45) is 1.99. The molecule has 5 heteroatoms. The van der Waals surface area contributed by atoms with Crippen LogP contribution in [0.3, 0.4) is 0 Å². The van der Waals surface area contributed by atoms with E-state index in [1.807, 2.05) is 13.8 Å². The van der Waals surface area contributed by atoms with Gasteiger partial charge < -0.3 is 5.11 Å². The fourth-order valence-corrected chi connectivity index (χ4v) is 3.60. The van der Waals surface area contributed by atoms with E-state index < -0.39 is 10.0 Å². The third-order valence-corrected chi connectivity index (χ3v) is 5.38. The van der Waals surface area contributed by atoms with Gasteiger partial charge in [0.25, 0.3) is 0 Å². The van der Waals surface area contributed by atoms with Gasteiger partial charge >= 0.3 is 0 Å². The van der Waals surface area contributed by atoms with Crippen molar-refractivity contribution in [3.05, 3.63) is 29.8 Å². The van der Waals surface area contributed by atoms with Crippen LogP contribution >= 0.6 is 0 Å². The fraction of sp³-hybridized carbons (Fsp3) is 0.500. The Bertz CT molecular complexity index is 593. The molecule has 0 heterocycles. The average Bonchev–Trinajstić information content (AvgIpc) is 2.49. The van der Waals surface area contributed by atoms with Gasteiger partial charge in [0.05, 0.1) is 11.5 Å². The second kappa shape index (κ2) is 8.18. The Morgan fingerprint density at radius 2 is 1.76 bits per heavy atom. The first-order chi connectivity index (χ1) is 9.97. The van der Waals surface area contributed by atoms with Crippen molar-refractivity contribution in [1.82, 2.24) is 4.31 Å². The van der Waals surface area contributed by atoms with E-state index in [2.05, 4.69) is 11.8 Å². The summed E-state index contributed by atoms with van der Waals surface area (Å²) in [5.74, 6) is 5.69. The zero-order valence-corrected chi connectivity index (χ0v) is 13.7. The van der Waals surface area contributed by atoms with Gasteiger partial charge in [-0.25, -0.2) is 8.42 Å². The molecule has 21 heavy (non-hydrogen) atoms. The minimum atomic E-state index is -3.46. The number of hydrogen-bond acceptors (Lipinski definition) is 3. The summed E-state index contributed by atoms with van der Waals surface area (Å²) < 4.78 is 26.5. The van der Waals surface area contributed by atoms with Gasteiger partial charge in [0, 0.05) is 25.1 Å². The van der Waals surface area contributed by atoms with Gasteiger partial charge in [-0.2, -0.15) is 4.31 Å². The van der Waals surface area contributed by atoms with Crippen LogP contribution in [-0.2, 0) is 10.0 Å². The molecule has 0 aromatic heterocycles. The molecule has 1 aromatic rings. The van der Waals surface area contributed by atoms with Crippen LogP contribution in [0, 0.1) is 11.8 Å². The third kappa shape index (κ3) is 4.57. The number of hydrogen-bond donors (Lipinski definition) is 1. The molecule has 0 aliphatic heterocycles. The molecule has 0 saturated carbocycles. The molecule has 0 aliphatic carbocycles. The first kappa shape index (κ1) is 17.7. The standard InChI is InChI=1S/C16H23NO3S/c1-4-15(5-2)17(3)21(19,20)16-11-9-14(10-12-16)8-6-7-13-18/h9-12,15,18H,4-5,7,13H2,1-3H3. The third-order valence-electron chi connectivity index (χ3n) is 3.46. The lowest BCUT2D eigenvalue weighted by Crippen LogP contribution is -2.36. The zero-order chi connectivity index (χ0) is 15.9. The predicted molar refractivity (Wildman–Crippen MR) is 84.3 cm³/mol. The maximum atomic E-state index is 12.5. The summed E-state index contributed by atoms with van der Waals surface area (Å²) in [6, 6.07) is 6.56. The first-order valence-corrected chi connectivity index (χ1v) is 8.59. The van der Waals surface area contributed by atoms with Crippen molar-refractivity contribution in [2.45, 2.75) is 44.0 Å². The summed E-state index contributed by atoms with van der Waals surface area (Å²) in [7, 11) is -1.83. The Hall–Kier alpha value is -1.35. The van der Waals surface area contributed by atoms with E-state index >= 15 is 0 Å². The van der Waals surface area contributed by atoms with Gasteiger partial charge in [-0.15, -0.1) is 0 Å². The van der Waals surface area contributed by atoms with Crippen LogP contribution in [0.2, 0.25) is 0 Å². The molecular formula is C16H23NO3S. The minimum absolute atomic E-state index is 0.0130. The second-order valence-electron chi connectivity index (χ2n) is 4.79. The maximum absolute atomic E-state index is 12.5. The van der Waals surface area contributed by atoms with Crippen molar-refractivity contribution in [2.75, 3.05) is 13.7 Å². The van der Waals surface area contributed by atoms with Crippen molar-refractivity contribution < 1.29 is 13.5 Å². The van der Waals surface area contributed by atoms with Gasteiger partial charge in [-0.3, -0.25) is 0 Å². The number of rotatable bonds is 6. The van der Waals surface area contributed by atoms with E-state index in [1.54, 1.807) is 31.3 Å². The van der Waals surface area contributed by atoms with E-state index in [1.165, 1.54) is 4.31 Å². The van der Waals surface area contributed by atoms with Gasteiger partial charge in [-0.05, 0) is 37.1 Å². The number of nitrogens with zero attached hydrogens (tertiary/aromatic N) is 1. The number of benzene rings is 1. The molecule has 0 aliphatic rings. The molecule has 1 N–H and O–H groups in total. The van der Waals surface area contributed by atoms with Crippen LogP contribution in [-0.4, -0.2) is 37.5 Å². The summed E-state index contributed by atoms with van der Waals surface area (Å²) in [4.78, 5) is 0.282. The molecule has 0 saturated heterocycles. The van der Waals surface area contributed by atoms with E-state index in [-0.39, 0.29) is 17.5 Å². The van der Waals surface area contributed by atoms with Gasteiger partial charge in [0.2, 0.25) is 10.0 Å². The highest BCUT2D eigenvalue weighted by Crippen LogP contribution is 2.19. The molecule has 1 rings (SSSR count). The molecule has 0 radical (unpaired) electrons. The van der Waals surface area contributed by atoms with Gasteiger partial charge in [-0.1, -0.05) is 25.7 Å². The monoisotopic (exact) mass is 309 g/mol. The molecule has 0 unspecified atom stereocenters. The van der Waals surface area contributed by atoms with Crippen LogP contribution in [0.4, 0.5) is 0 Å². The van der Waals surface area contributed by atoms with Gasteiger partial charge in [0.15, 0.2) is 0 Å². The smallest absolute Gasteiger partial charge is 0.243 e. The molecular weight excluding hydrogens is 286 g/mol. The zero-order valence-electron chi connectivity index (χ0n) is 12.8. The van der Waals surface area contributed by atoms with Crippen LogP contribution in [0.25, 0.3) is 0 Å². The number of aliphatic hydroxyl groups excluding tert-OH is 1. The first-order valence-electron chi connectivity index (χ1n) is 7.15. The summed E-state index contributed by atoms with van der Waals surface area (Å²) in [5.41, 5.74) is 0.743. The number of aliphatic hydroxyl groups is 1. The van der Waals surface area contributed by atoms with Crippen molar-refractivity contribution in [2.24, 2.45) is 0 Å². The Morgan fingerprint density at radius 3 is 2.24 bits per heavy atom. The van der Waals surface area contributed by atoms with Crippen LogP contribution in [0.1, 0.15) is 38.7 Å². The van der Waals surface area contributed by atoms with E-state index in [0.29, 0.717) is 6.42 Å². The Labute approximate surface area is 127 Å². The number of sulfonamides is 1. The molecule has 116 valence electrons. The van der Waals surface area contributed by atoms with Crippen molar-refractivity contribution >= 4 is 10.0 Å². The highest BCUT2D eigenvalue weighted by atomic mass is 32.2. The van der Waals surface area contributed by atoms with E-state index in [4.69, 9.17) is 5.11 Å². The van der Waals surface area contributed by atoms with Crippen molar-refractivity contribution in [3.63, 3.8) is 0 Å². The Balaban J connectivity index is 2.98. The quantitative estimate of drug-likeness (QED) is 0.820. The molecule has 0 amide bonds. The summed E-state index contributed by atoms with van der Waals surface area (Å²) >= 11 is 0. The van der Waals surface area contributed by atoms with Crippen molar-refractivity contribution in [1.29, 1.82) is 0 Å². The predicted octanol–water partition coefficient (Wildman–Crippen LogP) is 2.23. The van der Waals surface area contributed by atoms with E-state index in [0.717, 1.165) is 18.4 Å². The second-order valence-corrected chi connectivity index (χ2v) is 6.79. The van der Waals surface area contributed by atoms with Crippen LogP contribution in [0.15, 0.2) is 29.2 Å². The lowest BCUT2D eigenvalue weighted by atomic mass is 10.2. The van der Waals surface area contributed by atoms with Gasteiger partial charge in [0.1, 0.15) is 0 Å². The fourth-order valence-electron chi connectivity index (χ4n) is 2.10. The Kier molecular flexibility index (Phi) is 6.90. The average molecular weight is 309 g/mol. The molecule has 0 fully saturated rings. The molecule has 0 atom stereocenters. The van der Waals surface area contributed by atoms with Crippen molar-refractivity contribution in [3.8, 4) is 11.8 Å². The summed E-state index contributed by atoms with van der Waals surface area (Å²) in [6.45, 7) is 4.00. The highest BCUT2D eigenvalue weighted by molar-refractivity contribution is 7.89. The largest absolute Gasteiger partial charge is 0.395 e. The highest BCUT2D eigenvalue weighted by Gasteiger charge is 2.25. The lowest BCUT2D eigenvalue weighted by Gasteiger charge is -2.25. The topological polar surface area (TPSA) is 57.6 Å². The van der Waals surface area contributed by atoms with E-state index in [9.17, 15) is 8.42 Å². The van der Waals surface area contributed by atoms with Crippen LogP contribution in [0.5, 0.6) is 0 Å². The Morgan fingerprint density at radius 1 is 1.19 bits per heavy atom. The molecule has 0 bridgehead atoms. The SMILES string of the molecule is CCC(CC)N(C)S(=O)(=O)c1ccc(C#CCCO)cc1. The normalized spacial score (nSPS) is 11.5. The molecule has 4 nitrogen and oxygen atoms in total. The minimum Gasteiger partial charge on any atom is -0.395 e. The summed E-state index contributed by atoms with van der Waals surface area (Å²) in [5, 5.41) is 8.67. The lowest BCUT2D eigenvalue weighted by molar-refractivity contribution is 0.305. The van der Waals surface area contributed by atoms with Crippen LogP contribution < -0.4 is 0 Å². The molecule has 1 aromatic carbocycles. The maximum Gasteiger partial charge on any atom is 0.243 e. The molecule has 0 spiro atoms.